The molecule has 3 nitrogen and oxygen atoms in total. The number of hydrogen-bond acceptors (Lipinski definition) is 2. The predicted octanol–water partition coefficient (Wildman–Crippen LogP) is 2.11. The largest absolute Gasteiger partial charge is 0.351 e. The van der Waals surface area contributed by atoms with Crippen LogP contribution in [0.25, 0.3) is 0 Å². The molecule has 2 aromatic rings. The third kappa shape index (κ3) is 4.06. The van der Waals surface area contributed by atoms with Gasteiger partial charge < -0.3 is 4.98 Å². The number of aryl methyl sites for hydroxylation is 2. The summed E-state index contributed by atoms with van der Waals surface area (Å²) < 4.78 is 0. The summed E-state index contributed by atoms with van der Waals surface area (Å²) in [6.45, 7) is 4.06. The van der Waals surface area contributed by atoms with E-state index in [1.54, 1.807) is 18.7 Å². The fourth-order valence-corrected chi connectivity index (χ4v) is 0.902. The lowest BCUT2D eigenvalue weighted by Crippen LogP contribution is -1.78. The lowest BCUT2D eigenvalue weighted by molar-refractivity contribution is 1.18. The molecule has 0 saturated heterocycles. The minimum absolute atomic E-state index is 1.09. The number of aromatic nitrogens is 3. The van der Waals surface area contributed by atoms with E-state index in [1.165, 1.54) is 5.56 Å². The molecule has 3 heteroatoms. The number of nitrogens with one attached hydrogen (secondary N) is 1. The maximum atomic E-state index is 4.04. The summed E-state index contributed by atoms with van der Waals surface area (Å²) in [6.07, 6.45) is 6.91. The van der Waals surface area contributed by atoms with Crippen molar-refractivity contribution >= 4 is 0 Å². The molecule has 0 fully saturated rings. The van der Waals surface area contributed by atoms with Gasteiger partial charge in [0.05, 0.1) is 6.33 Å². The van der Waals surface area contributed by atoms with E-state index in [0.717, 1.165) is 5.69 Å². The zero-order valence-corrected chi connectivity index (χ0v) is 7.86. The van der Waals surface area contributed by atoms with Gasteiger partial charge in [-0.05, 0) is 31.5 Å². The SMILES string of the molecule is Cc1ccnc(C)c1.c1c[nH]cn1. The van der Waals surface area contributed by atoms with E-state index in [0.29, 0.717) is 0 Å². The fourth-order valence-electron chi connectivity index (χ4n) is 0.902. The average Bonchev–Trinajstić information content (AvgIpc) is 2.59. The van der Waals surface area contributed by atoms with Crippen molar-refractivity contribution in [2.75, 3.05) is 0 Å². The van der Waals surface area contributed by atoms with E-state index in [2.05, 4.69) is 27.9 Å². The minimum Gasteiger partial charge on any atom is -0.351 e. The van der Waals surface area contributed by atoms with Crippen LogP contribution in [0.3, 0.4) is 0 Å². The van der Waals surface area contributed by atoms with Gasteiger partial charge in [0.1, 0.15) is 0 Å². The molecule has 0 aliphatic heterocycles. The van der Waals surface area contributed by atoms with Gasteiger partial charge in [-0.25, -0.2) is 4.98 Å². The number of H-pyrrole nitrogens is 1. The highest BCUT2D eigenvalue weighted by Gasteiger charge is 1.82. The van der Waals surface area contributed by atoms with Gasteiger partial charge in [0.15, 0.2) is 0 Å². The summed E-state index contributed by atoms with van der Waals surface area (Å²) in [4.78, 5) is 10.5. The molecular formula is C10H13N3. The third-order valence-electron chi connectivity index (χ3n) is 1.46. The maximum absolute atomic E-state index is 4.04. The highest BCUT2D eigenvalue weighted by Crippen LogP contribution is 1.95. The number of nitrogens with zero attached hydrogens (tertiary/aromatic N) is 2. The van der Waals surface area contributed by atoms with E-state index in [9.17, 15) is 0 Å². The zero-order chi connectivity index (χ0) is 9.52. The highest BCUT2D eigenvalue weighted by atomic mass is 14.8. The molecule has 2 aromatic heterocycles. The molecule has 0 atom stereocenters. The summed E-state index contributed by atoms with van der Waals surface area (Å²) in [6, 6.07) is 4.05. The van der Waals surface area contributed by atoms with Crippen molar-refractivity contribution in [2.24, 2.45) is 0 Å². The van der Waals surface area contributed by atoms with Crippen molar-refractivity contribution < 1.29 is 0 Å². The first-order chi connectivity index (χ1) is 6.29. The summed E-state index contributed by atoms with van der Waals surface area (Å²) >= 11 is 0. The Hall–Kier alpha value is -1.64. The Morgan fingerprint density at radius 2 is 2.08 bits per heavy atom. The van der Waals surface area contributed by atoms with Crippen LogP contribution in [-0.2, 0) is 0 Å². The van der Waals surface area contributed by atoms with Crippen LogP contribution >= 0.6 is 0 Å². The van der Waals surface area contributed by atoms with Crippen LogP contribution < -0.4 is 0 Å². The van der Waals surface area contributed by atoms with Crippen molar-refractivity contribution in [3.05, 3.63) is 48.3 Å². The van der Waals surface area contributed by atoms with Crippen LogP contribution in [0.15, 0.2) is 37.1 Å². The normalized spacial score (nSPS) is 8.77. The lowest BCUT2D eigenvalue weighted by Gasteiger charge is -1.90. The van der Waals surface area contributed by atoms with E-state index in [4.69, 9.17) is 0 Å². The van der Waals surface area contributed by atoms with E-state index in [1.807, 2.05) is 19.2 Å². The van der Waals surface area contributed by atoms with Gasteiger partial charge in [0.2, 0.25) is 0 Å². The molecule has 0 unspecified atom stereocenters. The second kappa shape index (κ2) is 5.09. The average molecular weight is 175 g/mol. The summed E-state index contributed by atoms with van der Waals surface area (Å²) in [5.41, 5.74) is 2.36. The Labute approximate surface area is 77.9 Å². The fraction of sp³-hybridized carbons (Fsp3) is 0.200. The standard InChI is InChI=1S/C7H9N.C3H4N2/c1-6-3-4-8-7(2)5-6;1-2-5-3-4-1/h3-5H,1-2H3;1-3H,(H,4,5). The van der Waals surface area contributed by atoms with Gasteiger partial charge in [0.25, 0.3) is 0 Å². The lowest BCUT2D eigenvalue weighted by atomic mass is 10.3. The topological polar surface area (TPSA) is 41.6 Å². The van der Waals surface area contributed by atoms with E-state index >= 15 is 0 Å². The molecule has 2 heterocycles. The van der Waals surface area contributed by atoms with Crippen LogP contribution in [0.4, 0.5) is 0 Å². The Bertz CT molecular complexity index is 293. The molecule has 1 N–H and O–H groups in total. The Kier molecular flexibility index (Phi) is 3.70. The third-order valence-corrected chi connectivity index (χ3v) is 1.46. The van der Waals surface area contributed by atoms with Crippen LogP contribution in [-0.4, -0.2) is 15.0 Å². The Balaban J connectivity index is 0.000000145. The number of pyridine rings is 1. The second-order valence-electron chi connectivity index (χ2n) is 2.74. The molecule has 0 radical (unpaired) electrons. The van der Waals surface area contributed by atoms with Gasteiger partial charge in [-0.15, -0.1) is 0 Å². The smallest absolute Gasteiger partial charge is 0.0919 e. The molecule has 0 aliphatic rings. The predicted molar refractivity (Wildman–Crippen MR) is 52.3 cm³/mol. The minimum atomic E-state index is 1.09. The molecular weight excluding hydrogens is 162 g/mol. The zero-order valence-electron chi connectivity index (χ0n) is 7.86. The summed E-state index contributed by atoms with van der Waals surface area (Å²) in [7, 11) is 0. The maximum Gasteiger partial charge on any atom is 0.0919 e. The van der Waals surface area contributed by atoms with Gasteiger partial charge in [0, 0.05) is 24.3 Å². The van der Waals surface area contributed by atoms with Crippen molar-refractivity contribution in [2.45, 2.75) is 13.8 Å². The quantitative estimate of drug-likeness (QED) is 0.666. The molecule has 68 valence electrons. The molecule has 0 saturated carbocycles. The Morgan fingerprint density at radius 3 is 2.38 bits per heavy atom. The van der Waals surface area contributed by atoms with E-state index < -0.39 is 0 Å². The van der Waals surface area contributed by atoms with Gasteiger partial charge >= 0.3 is 0 Å². The molecule has 2 rings (SSSR count). The van der Waals surface area contributed by atoms with Crippen LogP contribution in [0.2, 0.25) is 0 Å². The van der Waals surface area contributed by atoms with Crippen LogP contribution in [0, 0.1) is 13.8 Å². The van der Waals surface area contributed by atoms with Gasteiger partial charge in [-0.2, -0.15) is 0 Å². The first-order valence-corrected chi connectivity index (χ1v) is 4.11. The molecule has 0 bridgehead atoms. The van der Waals surface area contributed by atoms with Gasteiger partial charge in [-0.1, -0.05) is 0 Å². The highest BCUT2D eigenvalue weighted by molar-refractivity contribution is 5.12. The molecule has 13 heavy (non-hydrogen) atoms. The van der Waals surface area contributed by atoms with Crippen molar-refractivity contribution in [1.29, 1.82) is 0 Å². The first-order valence-electron chi connectivity index (χ1n) is 4.11. The number of imidazole rings is 1. The van der Waals surface area contributed by atoms with Crippen LogP contribution in [0.1, 0.15) is 11.3 Å². The molecule has 0 amide bonds. The van der Waals surface area contributed by atoms with Crippen molar-refractivity contribution in [3.8, 4) is 0 Å². The molecule has 0 spiro atoms. The van der Waals surface area contributed by atoms with Crippen molar-refractivity contribution in [3.63, 3.8) is 0 Å². The summed E-state index contributed by atoms with van der Waals surface area (Å²) in [5, 5.41) is 0. The number of hydrogen-bond donors (Lipinski definition) is 1. The monoisotopic (exact) mass is 175 g/mol. The number of rotatable bonds is 0. The molecule has 0 aliphatic carbocycles. The second-order valence-corrected chi connectivity index (χ2v) is 2.74. The van der Waals surface area contributed by atoms with Crippen LogP contribution in [0.5, 0.6) is 0 Å². The van der Waals surface area contributed by atoms with E-state index in [-0.39, 0.29) is 0 Å². The number of aromatic amines is 1. The Morgan fingerprint density at radius 1 is 1.23 bits per heavy atom. The first kappa shape index (κ1) is 9.45. The van der Waals surface area contributed by atoms with Gasteiger partial charge in [-0.3, -0.25) is 4.98 Å². The summed E-state index contributed by atoms with van der Waals surface area (Å²) in [5.74, 6) is 0. The molecule has 0 aromatic carbocycles. The van der Waals surface area contributed by atoms with Crippen molar-refractivity contribution in [1.82, 2.24) is 15.0 Å².